The zero-order valence-electron chi connectivity index (χ0n) is 11.7. The number of carbonyl (C=O) groups is 1. The summed E-state index contributed by atoms with van der Waals surface area (Å²) in [6, 6.07) is 0.863. The number of likely N-dealkylation sites (tertiary alicyclic amines) is 1. The molecule has 1 saturated heterocycles. The Kier molecular flexibility index (Phi) is 5.03. The first-order chi connectivity index (χ1) is 7.97. The molecule has 3 heteroatoms. The van der Waals surface area contributed by atoms with Gasteiger partial charge in [0.05, 0.1) is 0 Å². The van der Waals surface area contributed by atoms with E-state index in [1.54, 1.807) is 0 Å². The number of rotatable bonds is 6. The van der Waals surface area contributed by atoms with Gasteiger partial charge in [0, 0.05) is 37.3 Å². The van der Waals surface area contributed by atoms with Crippen molar-refractivity contribution in [2.24, 2.45) is 0 Å². The molecule has 0 radical (unpaired) electrons. The van der Waals surface area contributed by atoms with E-state index in [1.807, 2.05) is 4.90 Å². The molecule has 3 nitrogen and oxygen atoms in total. The summed E-state index contributed by atoms with van der Waals surface area (Å²) in [6.07, 6.45) is 2.70. The fourth-order valence-corrected chi connectivity index (χ4v) is 2.42. The number of hydrogen-bond donors (Lipinski definition) is 0. The summed E-state index contributed by atoms with van der Waals surface area (Å²) in [6.45, 7) is 14.5. The third-order valence-electron chi connectivity index (χ3n) is 3.65. The molecule has 1 fully saturated rings. The second-order valence-electron chi connectivity index (χ2n) is 5.18. The molecule has 1 amide bonds. The summed E-state index contributed by atoms with van der Waals surface area (Å²) in [5.41, 5.74) is 1.17. The molecule has 1 aliphatic heterocycles. The molecule has 1 aliphatic rings. The van der Waals surface area contributed by atoms with E-state index >= 15 is 0 Å². The molecule has 0 saturated carbocycles. The lowest BCUT2D eigenvalue weighted by Gasteiger charge is -2.33. The van der Waals surface area contributed by atoms with Crippen LogP contribution in [0, 0.1) is 0 Å². The van der Waals surface area contributed by atoms with Crippen molar-refractivity contribution in [1.82, 2.24) is 9.80 Å². The van der Waals surface area contributed by atoms with Gasteiger partial charge in [-0.15, -0.1) is 0 Å². The van der Waals surface area contributed by atoms with E-state index in [1.165, 1.54) is 5.70 Å². The number of nitrogens with zero attached hydrogens (tertiary/aromatic N) is 2. The van der Waals surface area contributed by atoms with Gasteiger partial charge in [0.25, 0.3) is 0 Å². The van der Waals surface area contributed by atoms with Crippen LogP contribution in [0.15, 0.2) is 12.3 Å². The monoisotopic (exact) mass is 238 g/mol. The van der Waals surface area contributed by atoms with Crippen LogP contribution in [0.4, 0.5) is 0 Å². The average molecular weight is 238 g/mol. The molecule has 0 aromatic rings. The van der Waals surface area contributed by atoms with Gasteiger partial charge in [0.2, 0.25) is 5.91 Å². The Morgan fingerprint density at radius 2 is 2.24 bits per heavy atom. The van der Waals surface area contributed by atoms with E-state index in [2.05, 4.69) is 39.2 Å². The third kappa shape index (κ3) is 3.48. The fraction of sp³-hybridized carbons (Fsp3) is 0.786. The van der Waals surface area contributed by atoms with Crippen LogP contribution in [0.5, 0.6) is 0 Å². The van der Waals surface area contributed by atoms with Crippen molar-refractivity contribution in [1.29, 1.82) is 0 Å². The van der Waals surface area contributed by atoms with Crippen molar-refractivity contribution in [2.45, 2.75) is 59.0 Å². The summed E-state index contributed by atoms with van der Waals surface area (Å²) < 4.78 is 0. The number of carbonyl (C=O) groups excluding carboxylic acids is 1. The van der Waals surface area contributed by atoms with E-state index < -0.39 is 0 Å². The predicted molar refractivity (Wildman–Crippen MR) is 71.7 cm³/mol. The second-order valence-corrected chi connectivity index (χ2v) is 5.18. The van der Waals surface area contributed by atoms with Crippen molar-refractivity contribution in [3.63, 3.8) is 0 Å². The molecule has 1 unspecified atom stereocenters. The minimum absolute atomic E-state index is 0.309. The van der Waals surface area contributed by atoms with Crippen LogP contribution in [-0.4, -0.2) is 40.9 Å². The van der Waals surface area contributed by atoms with E-state index in [0.717, 1.165) is 32.4 Å². The Bertz CT molecular complexity index is 286. The number of allylic oxidation sites excluding steroid dienone is 1. The van der Waals surface area contributed by atoms with Crippen molar-refractivity contribution >= 4 is 5.91 Å². The molecule has 17 heavy (non-hydrogen) atoms. The summed E-state index contributed by atoms with van der Waals surface area (Å²) in [7, 11) is 0. The smallest absolute Gasteiger partial charge is 0.222 e. The first-order valence-electron chi connectivity index (χ1n) is 6.71. The van der Waals surface area contributed by atoms with Gasteiger partial charge >= 0.3 is 0 Å². The number of hydrogen-bond acceptors (Lipinski definition) is 2. The van der Waals surface area contributed by atoms with Gasteiger partial charge < -0.3 is 9.80 Å². The minimum Gasteiger partial charge on any atom is -0.371 e. The van der Waals surface area contributed by atoms with Gasteiger partial charge in [-0.2, -0.15) is 0 Å². The molecule has 98 valence electrons. The van der Waals surface area contributed by atoms with Crippen molar-refractivity contribution < 1.29 is 4.79 Å². The molecular weight excluding hydrogens is 212 g/mol. The SMILES string of the molecule is C=C(CC)N(CCN1C(=O)CCC1C)C(C)C. The van der Waals surface area contributed by atoms with Crippen molar-refractivity contribution in [3.8, 4) is 0 Å². The van der Waals surface area contributed by atoms with Crippen LogP contribution >= 0.6 is 0 Å². The average Bonchev–Trinajstić information content (AvgIpc) is 2.59. The van der Waals surface area contributed by atoms with E-state index in [4.69, 9.17) is 0 Å². The van der Waals surface area contributed by atoms with Crippen LogP contribution in [-0.2, 0) is 4.79 Å². The van der Waals surface area contributed by atoms with Crippen LogP contribution in [0.3, 0.4) is 0 Å². The largest absolute Gasteiger partial charge is 0.371 e. The van der Waals surface area contributed by atoms with Gasteiger partial charge in [-0.1, -0.05) is 13.5 Å². The highest BCUT2D eigenvalue weighted by Crippen LogP contribution is 2.18. The first-order valence-corrected chi connectivity index (χ1v) is 6.71. The zero-order chi connectivity index (χ0) is 13.0. The van der Waals surface area contributed by atoms with Crippen LogP contribution < -0.4 is 0 Å². The standard InChI is InChI=1S/C14H26N2O/c1-6-12(4)15(11(2)3)9-10-16-13(5)7-8-14(16)17/h11,13H,4,6-10H2,1-3,5H3. The summed E-state index contributed by atoms with van der Waals surface area (Å²) in [5, 5.41) is 0. The van der Waals surface area contributed by atoms with Crippen LogP contribution in [0.1, 0.15) is 47.0 Å². The Morgan fingerprint density at radius 1 is 1.59 bits per heavy atom. The van der Waals surface area contributed by atoms with Gasteiger partial charge in [0.15, 0.2) is 0 Å². The number of amides is 1. The normalized spacial score (nSPS) is 20.2. The molecule has 0 N–H and O–H groups in total. The molecule has 0 aromatic heterocycles. The maximum absolute atomic E-state index is 11.7. The zero-order valence-corrected chi connectivity index (χ0v) is 11.7. The lowest BCUT2D eigenvalue weighted by molar-refractivity contribution is -0.128. The van der Waals surface area contributed by atoms with Gasteiger partial charge in [-0.05, 0) is 33.6 Å². The van der Waals surface area contributed by atoms with Crippen molar-refractivity contribution in [2.75, 3.05) is 13.1 Å². The second kappa shape index (κ2) is 6.08. The highest BCUT2D eigenvalue weighted by atomic mass is 16.2. The Balaban J connectivity index is 2.52. The topological polar surface area (TPSA) is 23.6 Å². The highest BCUT2D eigenvalue weighted by molar-refractivity contribution is 5.78. The van der Waals surface area contributed by atoms with E-state index in [0.29, 0.717) is 18.0 Å². The highest BCUT2D eigenvalue weighted by Gasteiger charge is 2.27. The molecule has 0 bridgehead atoms. The third-order valence-corrected chi connectivity index (χ3v) is 3.65. The summed E-state index contributed by atoms with van der Waals surface area (Å²) in [5.74, 6) is 0.309. The molecule has 1 heterocycles. The molecule has 1 rings (SSSR count). The first kappa shape index (κ1) is 14.1. The van der Waals surface area contributed by atoms with E-state index in [-0.39, 0.29) is 0 Å². The van der Waals surface area contributed by atoms with Gasteiger partial charge in [0.1, 0.15) is 0 Å². The Hall–Kier alpha value is -0.990. The maximum Gasteiger partial charge on any atom is 0.222 e. The van der Waals surface area contributed by atoms with Crippen molar-refractivity contribution in [3.05, 3.63) is 12.3 Å². The molecule has 0 spiro atoms. The summed E-state index contributed by atoms with van der Waals surface area (Å²) in [4.78, 5) is 16.0. The Labute approximate surface area is 105 Å². The fourth-order valence-electron chi connectivity index (χ4n) is 2.42. The molecule has 1 atom stereocenters. The van der Waals surface area contributed by atoms with Crippen LogP contribution in [0.2, 0.25) is 0 Å². The Morgan fingerprint density at radius 3 is 2.65 bits per heavy atom. The predicted octanol–water partition coefficient (Wildman–Crippen LogP) is 2.63. The lowest BCUT2D eigenvalue weighted by atomic mass is 10.2. The molecular formula is C14H26N2O. The molecule has 0 aliphatic carbocycles. The van der Waals surface area contributed by atoms with Crippen LogP contribution in [0.25, 0.3) is 0 Å². The quantitative estimate of drug-likeness (QED) is 0.710. The molecule has 0 aromatic carbocycles. The van der Waals surface area contributed by atoms with E-state index in [9.17, 15) is 4.79 Å². The maximum atomic E-state index is 11.7. The van der Waals surface area contributed by atoms with Gasteiger partial charge in [-0.25, -0.2) is 0 Å². The summed E-state index contributed by atoms with van der Waals surface area (Å²) >= 11 is 0. The lowest BCUT2D eigenvalue weighted by Crippen LogP contribution is -2.40. The van der Waals surface area contributed by atoms with Gasteiger partial charge in [-0.3, -0.25) is 4.79 Å². The minimum atomic E-state index is 0.309.